The van der Waals surface area contributed by atoms with Gasteiger partial charge in [0.15, 0.2) is 5.41 Å². The average molecular weight is 385 g/mol. The number of hydrogen-bond acceptors (Lipinski definition) is 6. The highest BCUT2D eigenvalue weighted by Gasteiger charge is 2.59. The molecule has 0 saturated heterocycles. The molecule has 0 aromatic rings. The van der Waals surface area contributed by atoms with Crippen LogP contribution in [0.25, 0.3) is 0 Å². The summed E-state index contributed by atoms with van der Waals surface area (Å²) in [6.45, 7) is 6.80. The maximum absolute atomic E-state index is 13.0. The van der Waals surface area contributed by atoms with Crippen LogP contribution in [0.2, 0.25) is 0 Å². The molecule has 1 rings (SSSR count). The predicted molar refractivity (Wildman–Crippen MR) is 102 cm³/mol. The number of hydrogen-bond donors (Lipinski definition) is 0. The van der Waals surface area contributed by atoms with Crippen molar-refractivity contribution in [2.24, 2.45) is 11.3 Å². The number of ether oxygens (including phenoxy) is 3. The molecule has 0 heterocycles. The van der Waals surface area contributed by atoms with Gasteiger partial charge in [0, 0.05) is 0 Å². The number of carbonyl (C=O) groups is 3. The zero-order valence-corrected chi connectivity index (χ0v) is 17.2. The van der Waals surface area contributed by atoms with E-state index >= 15 is 0 Å². The van der Waals surface area contributed by atoms with Crippen LogP contribution in [0.1, 0.15) is 85.0 Å². The molecule has 1 aliphatic carbocycles. The van der Waals surface area contributed by atoms with Crippen LogP contribution < -0.4 is 0 Å². The fraction of sp³-hybridized carbons (Fsp3) is 0.857. The second kappa shape index (κ2) is 12.7. The summed E-state index contributed by atoms with van der Waals surface area (Å²) in [6, 6.07) is 0. The van der Waals surface area contributed by atoms with Gasteiger partial charge in [0.2, 0.25) is 0 Å². The largest absolute Gasteiger partial charge is 0.465 e. The Kier molecular flexibility index (Phi) is 11.1. The van der Waals surface area contributed by atoms with Crippen molar-refractivity contribution in [2.75, 3.05) is 19.8 Å². The van der Waals surface area contributed by atoms with Gasteiger partial charge in [0.1, 0.15) is 0 Å². The molecular formula is C21H36O6. The van der Waals surface area contributed by atoms with Crippen molar-refractivity contribution < 1.29 is 28.6 Å². The lowest BCUT2D eigenvalue weighted by Gasteiger charge is -2.38. The topological polar surface area (TPSA) is 78.9 Å². The molecule has 0 spiro atoms. The zero-order valence-electron chi connectivity index (χ0n) is 17.2. The molecule has 0 aromatic carbocycles. The Labute approximate surface area is 163 Å². The molecule has 0 N–H and O–H groups in total. The lowest BCUT2D eigenvalue weighted by atomic mass is 9.66. The van der Waals surface area contributed by atoms with Gasteiger partial charge in [0.25, 0.3) is 0 Å². The van der Waals surface area contributed by atoms with E-state index in [1.54, 1.807) is 0 Å². The molecule has 0 amide bonds. The van der Waals surface area contributed by atoms with Gasteiger partial charge in [-0.25, -0.2) is 0 Å². The van der Waals surface area contributed by atoms with Crippen molar-refractivity contribution in [3.8, 4) is 0 Å². The second-order valence-electron chi connectivity index (χ2n) is 7.27. The minimum atomic E-state index is -1.57. The molecule has 156 valence electrons. The minimum Gasteiger partial charge on any atom is -0.465 e. The van der Waals surface area contributed by atoms with Gasteiger partial charge in [-0.2, -0.15) is 0 Å². The Balaban J connectivity index is 3.03. The molecular weight excluding hydrogens is 348 g/mol. The van der Waals surface area contributed by atoms with Crippen LogP contribution in [0, 0.1) is 11.3 Å². The predicted octanol–water partition coefficient (Wildman–Crippen LogP) is 4.19. The first kappa shape index (κ1) is 23.4. The Morgan fingerprint density at radius 2 is 1.26 bits per heavy atom. The fourth-order valence-electron chi connectivity index (χ4n) is 3.36. The summed E-state index contributed by atoms with van der Waals surface area (Å²) in [5, 5.41) is 0. The van der Waals surface area contributed by atoms with Crippen molar-refractivity contribution in [3.05, 3.63) is 0 Å². The number of esters is 3. The summed E-state index contributed by atoms with van der Waals surface area (Å²) < 4.78 is 16.2. The van der Waals surface area contributed by atoms with Gasteiger partial charge < -0.3 is 14.2 Å². The van der Waals surface area contributed by atoms with Crippen LogP contribution >= 0.6 is 0 Å². The molecule has 6 nitrogen and oxygen atoms in total. The van der Waals surface area contributed by atoms with E-state index in [2.05, 4.69) is 0 Å². The van der Waals surface area contributed by atoms with Crippen molar-refractivity contribution in [2.45, 2.75) is 85.0 Å². The second-order valence-corrected chi connectivity index (χ2v) is 7.27. The molecule has 0 aromatic heterocycles. The van der Waals surface area contributed by atoms with Crippen LogP contribution in [0.15, 0.2) is 0 Å². The summed E-state index contributed by atoms with van der Waals surface area (Å²) in [6.07, 6.45) is 7.04. The van der Waals surface area contributed by atoms with E-state index in [-0.39, 0.29) is 19.6 Å². The third-order valence-electron chi connectivity index (χ3n) is 5.13. The van der Waals surface area contributed by atoms with Crippen LogP contribution in [-0.4, -0.2) is 37.7 Å². The van der Waals surface area contributed by atoms with Crippen LogP contribution in [0.5, 0.6) is 0 Å². The Bertz CT molecular complexity index is 451. The number of rotatable bonds is 12. The SMILES string of the molecule is CCCCOC(=O)C1CCCCC1(C(=O)OCCCC)C(=O)OCCCC. The van der Waals surface area contributed by atoms with E-state index in [4.69, 9.17) is 14.2 Å². The van der Waals surface area contributed by atoms with Crippen LogP contribution in [0.4, 0.5) is 0 Å². The zero-order chi connectivity index (χ0) is 20.1. The van der Waals surface area contributed by atoms with E-state index in [0.29, 0.717) is 19.4 Å². The van der Waals surface area contributed by atoms with Crippen LogP contribution in [-0.2, 0) is 28.6 Å². The lowest BCUT2D eigenvalue weighted by molar-refractivity contribution is -0.187. The minimum absolute atomic E-state index is 0.247. The molecule has 27 heavy (non-hydrogen) atoms. The maximum atomic E-state index is 13.0. The lowest BCUT2D eigenvalue weighted by Crippen LogP contribution is -2.52. The van der Waals surface area contributed by atoms with Crippen molar-refractivity contribution >= 4 is 17.9 Å². The molecule has 0 radical (unpaired) electrons. The summed E-state index contributed by atoms with van der Waals surface area (Å²) >= 11 is 0. The molecule has 0 bridgehead atoms. The van der Waals surface area contributed by atoms with Gasteiger partial charge in [0.05, 0.1) is 25.7 Å². The Hall–Kier alpha value is -1.59. The van der Waals surface area contributed by atoms with Gasteiger partial charge in [-0.3, -0.25) is 14.4 Å². The molecule has 6 heteroatoms. The van der Waals surface area contributed by atoms with E-state index < -0.39 is 29.2 Å². The molecule has 1 unspecified atom stereocenters. The normalized spacial score (nSPS) is 18.6. The van der Waals surface area contributed by atoms with E-state index in [1.165, 1.54) is 0 Å². The monoisotopic (exact) mass is 384 g/mol. The van der Waals surface area contributed by atoms with Gasteiger partial charge in [-0.1, -0.05) is 52.9 Å². The fourth-order valence-corrected chi connectivity index (χ4v) is 3.36. The van der Waals surface area contributed by atoms with Gasteiger partial charge >= 0.3 is 17.9 Å². The van der Waals surface area contributed by atoms with Gasteiger partial charge in [-0.15, -0.1) is 0 Å². The van der Waals surface area contributed by atoms with E-state index in [0.717, 1.165) is 44.9 Å². The van der Waals surface area contributed by atoms with Crippen LogP contribution in [0.3, 0.4) is 0 Å². The first-order chi connectivity index (χ1) is 13.0. The summed E-state index contributed by atoms with van der Waals surface area (Å²) in [5.41, 5.74) is -1.57. The molecule has 1 saturated carbocycles. The third kappa shape index (κ3) is 6.51. The molecule has 0 aliphatic heterocycles. The van der Waals surface area contributed by atoms with Crippen molar-refractivity contribution in [1.29, 1.82) is 0 Å². The number of unbranched alkanes of at least 4 members (excludes halogenated alkanes) is 3. The van der Waals surface area contributed by atoms with Crippen molar-refractivity contribution in [1.82, 2.24) is 0 Å². The molecule has 1 fully saturated rings. The first-order valence-electron chi connectivity index (χ1n) is 10.6. The van der Waals surface area contributed by atoms with Gasteiger partial charge in [-0.05, 0) is 32.1 Å². The highest BCUT2D eigenvalue weighted by Crippen LogP contribution is 2.44. The number of carbonyl (C=O) groups excluding carboxylic acids is 3. The van der Waals surface area contributed by atoms with E-state index in [9.17, 15) is 14.4 Å². The summed E-state index contributed by atoms with van der Waals surface area (Å²) in [4.78, 5) is 38.7. The average Bonchev–Trinajstić information content (AvgIpc) is 2.68. The Morgan fingerprint density at radius 1 is 0.778 bits per heavy atom. The summed E-state index contributed by atoms with van der Waals surface area (Å²) in [7, 11) is 0. The highest BCUT2D eigenvalue weighted by molar-refractivity contribution is 6.04. The molecule has 1 aliphatic rings. The third-order valence-corrected chi connectivity index (χ3v) is 5.13. The Morgan fingerprint density at radius 3 is 1.74 bits per heavy atom. The standard InChI is InChI=1S/C21H36O6/c1-4-7-14-25-18(22)17-12-10-11-13-21(17,19(23)26-15-8-5-2)20(24)27-16-9-6-3/h17H,4-16H2,1-3H3. The first-order valence-corrected chi connectivity index (χ1v) is 10.6. The quantitative estimate of drug-likeness (QED) is 0.217. The maximum Gasteiger partial charge on any atom is 0.324 e. The van der Waals surface area contributed by atoms with E-state index in [1.807, 2.05) is 20.8 Å². The highest BCUT2D eigenvalue weighted by atomic mass is 16.6. The summed E-state index contributed by atoms with van der Waals surface area (Å²) in [5.74, 6) is -2.57. The van der Waals surface area contributed by atoms with Crippen molar-refractivity contribution in [3.63, 3.8) is 0 Å². The smallest absolute Gasteiger partial charge is 0.324 e. The molecule has 1 atom stereocenters.